The number of carbonyl (C=O) groups excluding carboxylic acids is 2. The minimum absolute atomic E-state index is 0.0803. The fourth-order valence-corrected chi connectivity index (χ4v) is 7.13. The number of piperidine rings is 1. The van der Waals surface area contributed by atoms with Gasteiger partial charge in [0.15, 0.2) is 0 Å². The molecule has 4 aliphatic heterocycles. The minimum atomic E-state index is -0.548. The highest BCUT2D eigenvalue weighted by atomic mass is 79.9. The van der Waals surface area contributed by atoms with Gasteiger partial charge >= 0.3 is 6.09 Å². The number of rotatable bonds is 6. The van der Waals surface area contributed by atoms with Crippen LogP contribution in [-0.4, -0.2) is 126 Å². The second kappa shape index (κ2) is 13.7. The fraction of sp³-hybridized carbons (Fsp3) is 0.767. The number of amidine groups is 1. The number of aliphatic imine (C=N–C) groups is 1. The van der Waals surface area contributed by atoms with Gasteiger partial charge in [0.05, 0.1) is 6.04 Å². The molecule has 0 bridgehead atoms. The Bertz CT molecular complexity index is 1120. The number of alkyl halides is 1. The summed E-state index contributed by atoms with van der Waals surface area (Å²) in [5.74, 6) is 0.607. The highest BCUT2D eigenvalue weighted by Gasteiger charge is 2.34. The van der Waals surface area contributed by atoms with Crippen molar-refractivity contribution in [2.24, 2.45) is 10.7 Å². The number of allylic oxidation sites excluding steroid dienone is 1. The van der Waals surface area contributed by atoms with E-state index in [0.29, 0.717) is 30.8 Å². The third-order valence-electron chi connectivity index (χ3n) is 9.14. The van der Waals surface area contributed by atoms with Crippen LogP contribution in [0.25, 0.3) is 0 Å². The van der Waals surface area contributed by atoms with Crippen molar-refractivity contribution in [3.63, 3.8) is 0 Å². The Morgan fingerprint density at radius 3 is 2.35 bits per heavy atom. The summed E-state index contributed by atoms with van der Waals surface area (Å²) in [6.45, 7) is 13.7. The Balaban J connectivity index is 1.15. The van der Waals surface area contributed by atoms with E-state index >= 15 is 0 Å². The second-order valence-electron chi connectivity index (χ2n) is 13.5. The smallest absolute Gasteiger partial charge is 0.410 e. The van der Waals surface area contributed by atoms with Gasteiger partial charge in [0.2, 0.25) is 0 Å². The molecule has 0 aromatic rings. The van der Waals surface area contributed by atoms with Gasteiger partial charge in [-0.3, -0.25) is 19.6 Å². The van der Waals surface area contributed by atoms with E-state index in [0.717, 1.165) is 37.4 Å². The summed E-state index contributed by atoms with van der Waals surface area (Å²) in [6, 6.07) is 1.20. The Morgan fingerprint density at radius 2 is 1.72 bits per heavy atom. The quantitative estimate of drug-likeness (QED) is 0.248. The largest absolute Gasteiger partial charge is 0.444 e. The van der Waals surface area contributed by atoms with E-state index in [9.17, 15) is 9.59 Å². The monoisotopic (exact) mass is 663 g/mol. The number of amides is 2. The first-order chi connectivity index (χ1) is 20.4. The maximum Gasteiger partial charge on any atom is 0.410 e. The molecule has 4 heterocycles. The molecule has 2 amide bonds. The lowest BCUT2D eigenvalue weighted by atomic mass is 9.94. The van der Waals surface area contributed by atoms with E-state index in [1.165, 1.54) is 52.1 Å². The van der Waals surface area contributed by atoms with Gasteiger partial charge in [-0.25, -0.2) is 4.79 Å². The van der Waals surface area contributed by atoms with Crippen molar-refractivity contribution in [1.82, 2.24) is 35.6 Å². The summed E-state index contributed by atoms with van der Waals surface area (Å²) in [6.07, 6.45) is 8.16. The standard InChI is InChI=1S/C30H50BrN9O3/c1-30(2,3)43-29(42)40-12-9-21(19-40)34-28-25(31)35-24(26(32)41)27(36-28)33-20-5-7-22(8-6-20)38-13-10-23(11-14-38)39-17-15-37(4)16-18-39/h5,21-23,25,33,35H,6-19H2,1-4H3,(H2,32,41)(H,34,36)/t21-,22?,25?/m1/s1. The van der Waals surface area contributed by atoms with Gasteiger partial charge < -0.3 is 36.2 Å². The number of nitrogens with zero attached hydrogens (tertiary/aromatic N) is 5. The van der Waals surface area contributed by atoms with Crippen LogP contribution in [-0.2, 0) is 9.53 Å². The molecule has 0 radical (unpaired) electrons. The number of nitrogens with two attached hydrogens (primary N) is 1. The van der Waals surface area contributed by atoms with Crippen LogP contribution in [0.2, 0.25) is 0 Å². The van der Waals surface area contributed by atoms with E-state index in [4.69, 9.17) is 15.5 Å². The summed E-state index contributed by atoms with van der Waals surface area (Å²) in [5.41, 5.74) is 6.57. The number of likely N-dealkylation sites (tertiary alicyclic amines) is 2. The van der Waals surface area contributed by atoms with Gasteiger partial charge in [-0.15, -0.1) is 0 Å². The second-order valence-corrected chi connectivity index (χ2v) is 14.4. The molecule has 2 unspecified atom stereocenters. The van der Waals surface area contributed by atoms with Crippen LogP contribution in [0.5, 0.6) is 0 Å². The average molecular weight is 665 g/mol. The molecule has 1 aliphatic carbocycles. The van der Waals surface area contributed by atoms with Gasteiger partial charge in [-0.2, -0.15) is 0 Å². The topological polar surface area (TPSA) is 131 Å². The molecule has 0 aromatic carbocycles. The molecule has 0 spiro atoms. The summed E-state index contributed by atoms with van der Waals surface area (Å²) < 4.78 is 5.52. The molecule has 5 N–H and O–H groups in total. The van der Waals surface area contributed by atoms with Crippen molar-refractivity contribution < 1.29 is 14.3 Å². The molecule has 3 saturated heterocycles. The molecule has 43 heavy (non-hydrogen) atoms. The molecular formula is C30H50BrN9O3. The minimum Gasteiger partial charge on any atom is -0.444 e. The first kappa shape index (κ1) is 32.1. The molecule has 3 atom stereocenters. The summed E-state index contributed by atoms with van der Waals surface area (Å²) >= 11 is 3.59. The zero-order valence-electron chi connectivity index (χ0n) is 26.2. The third kappa shape index (κ3) is 8.43. The lowest BCUT2D eigenvalue weighted by Crippen LogP contribution is -2.53. The van der Waals surface area contributed by atoms with E-state index in [2.05, 4.69) is 59.7 Å². The van der Waals surface area contributed by atoms with Crippen molar-refractivity contribution >= 4 is 33.8 Å². The van der Waals surface area contributed by atoms with Crippen molar-refractivity contribution in [2.75, 3.05) is 59.4 Å². The first-order valence-corrected chi connectivity index (χ1v) is 16.8. The lowest BCUT2D eigenvalue weighted by molar-refractivity contribution is -0.115. The van der Waals surface area contributed by atoms with Crippen molar-refractivity contribution in [1.29, 1.82) is 0 Å². The van der Waals surface area contributed by atoms with Crippen LogP contribution in [0.3, 0.4) is 0 Å². The van der Waals surface area contributed by atoms with E-state index in [1.807, 2.05) is 20.8 Å². The molecule has 240 valence electrons. The number of piperazine rings is 1. The van der Waals surface area contributed by atoms with Crippen LogP contribution >= 0.6 is 15.9 Å². The molecule has 3 fully saturated rings. The molecule has 13 heteroatoms. The van der Waals surface area contributed by atoms with Crippen LogP contribution in [0.4, 0.5) is 4.79 Å². The number of ether oxygens (including phenoxy) is 1. The van der Waals surface area contributed by atoms with E-state index in [-0.39, 0.29) is 17.8 Å². The van der Waals surface area contributed by atoms with Gasteiger partial charge in [0.1, 0.15) is 27.9 Å². The predicted molar refractivity (Wildman–Crippen MR) is 171 cm³/mol. The molecule has 5 rings (SSSR count). The number of halogens is 1. The average Bonchev–Trinajstić information content (AvgIpc) is 3.43. The fourth-order valence-electron chi connectivity index (χ4n) is 6.67. The van der Waals surface area contributed by atoms with Crippen LogP contribution in [0, 0.1) is 0 Å². The lowest BCUT2D eigenvalue weighted by Gasteiger charge is -2.44. The molecule has 12 nitrogen and oxygen atoms in total. The van der Waals surface area contributed by atoms with E-state index in [1.54, 1.807) is 4.90 Å². The number of hydrogen-bond donors (Lipinski definition) is 4. The van der Waals surface area contributed by atoms with Crippen molar-refractivity contribution in [3.05, 3.63) is 23.3 Å². The van der Waals surface area contributed by atoms with Crippen molar-refractivity contribution in [3.8, 4) is 0 Å². The van der Waals surface area contributed by atoms with Crippen LogP contribution < -0.4 is 21.7 Å². The highest BCUT2D eigenvalue weighted by Crippen LogP contribution is 2.27. The SMILES string of the molecule is CN1CCN(C2CCN(C3CC=C(NC4=C(C(N)=O)NC(Br)C(=N[C@@H]5CCN(C(=O)OC(C)(C)C)C5)N4)CC3)CC2)CC1. The molecule has 0 saturated carbocycles. The predicted octanol–water partition coefficient (Wildman–Crippen LogP) is 1.70. The van der Waals surface area contributed by atoms with Gasteiger partial charge in [-0.05, 0) is 79.4 Å². The third-order valence-corrected chi connectivity index (χ3v) is 9.80. The Kier molecular flexibility index (Phi) is 10.2. The zero-order valence-corrected chi connectivity index (χ0v) is 27.8. The summed E-state index contributed by atoms with van der Waals surface area (Å²) in [7, 11) is 2.22. The van der Waals surface area contributed by atoms with Gasteiger partial charge in [0.25, 0.3) is 5.91 Å². The van der Waals surface area contributed by atoms with Gasteiger partial charge in [-0.1, -0.05) is 22.0 Å². The highest BCUT2D eigenvalue weighted by molar-refractivity contribution is 9.10. The van der Waals surface area contributed by atoms with E-state index < -0.39 is 16.5 Å². The Hall–Kier alpha value is -2.35. The number of hydrogen-bond acceptors (Lipinski definition) is 9. The maximum absolute atomic E-state index is 12.5. The first-order valence-electron chi connectivity index (χ1n) is 15.8. The Morgan fingerprint density at radius 1 is 1.02 bits per heavy atom. The molecule has 0 aromatic heterocycles. The van der Waals surface area contributed by atoms with Crippen LogP contribution in [0.15, 0.2) is 28.3 Å². The number of primary amides is 1. The number of carbonyl (C=O) groups is 2. The van der Waals surface area contributed by atoms with Gasteiger partial charge in [0, 0.05) is 57.0 Å². The molecular weight excluding hydrogens is 614 g/mol. The number of likely N-dealkylation sites (N-methyl/N-ethyl adjacent to an activating group) is 1. The number of nitrogens with one attached hydrogen (secondary N) is 3. The molecule has 5 aliphatic rings. The maximum atomic E-state index is 12.5. The Labute approximate surface area is 264 Å². The van der Waals surface area contributed by atoms with Crippen molar-refractivity contribution in [2.45, 2.75) is 88.0 Å². The van der Waals surface area contributed by atoms with Crippen LogP contribution in [0.1, 0.15) is 59.3 Å². The normalized spacial score (nSPS) is 29.7. The summed E-state index contributed by atoms with van der Waals surface area (Å²) in [5, 5.41) is 9.92. The summed E-state index contributed by atoms with van der Waals surface area (Å²) in [4.78, 5) is 38.8. The zero-order chi connectivity index (χ0) is 30.7.